The zero-order valence-corrected chi connectivity index (χ0v) is 14.8. The van der Waals surface area contributed by atoms with Gasteiger partial charge in [0.1, 0.15) is 17.9 Å². The molecule has 1 saturated heterocycles. The Bertz CT molecular complexity index is 656. The highest BCUT2D eigenvalue weighted by Gasteiger charge is 2.36. The van der Waals surface area contributed by atoms with Crippen LogP contribution in [0.4, 0.5) is 0 Å². The van der Waals surface area contributed by atoms with Gasteiger partial charge in [0.05, 0.1) is 0 Å². The molecule has 0 aromatic carbocycles. The molecule has 1 aliphatic heterocycles. The fourth-order valence-corrected chi connectivity index (χ4v) is 3.58. The predicted octanol–water partition coefficient (Wildman–Crippen LogP) is 2.40. The Hall–Kier alpha value is -2.44. The first kappa shape index (κ1) is 18.4. The number of carboxylic acids is 1. The Balaban J connectivity index is 1.77. The summed E-state index contributed by atoms with van der Waals surface area (Å²) in [5, 5.41) is 13.5. The minimum atomic E-state index is -0.968. The van der Waals surface area contributed by atoms with Crippen LogP contribution in [0.1, 0.15) is 50.5 Å². The Morgan fingerprint density at radius 2 is 2.04 bits per heavy atom. The number of rotatable bonds is 6. The van der Waals surface area contributed by atoms with Gasteiger partial charge in [-0.15, -0.1) is 0 Å². The van der Waals surface area contributed by atoms with Crippen molar-refractivity contribution in [3.63, 3.8) is 0 Å². The first-order valence-corrected chi connectivity index (χ1v) is 9.30. The highest BCUT2D eigenvalue weighted by atomic mass is 16.6. The number of carboxylic acid groups (broad SMARTS) is 1. The van der Waals surface area contributed by atoms with Crippen molar-refractivity contribution in [1.29, 1.82) is 0 Å². The number of carbonyl (C=O) groups is 2. The molecule has 26 heavy (non-hydrogen) atoms. The Morgan fingerprint density at radius 1 is 1.23 bits per heavy atom. The van der Waals surface area contributed by atoms with Gasteiger partial charge >= 0.3 is 5.97 Å². The average Bonchev–Trinajstić information content (AvgIpc) is 3.16. The van der Waals surface area contributed by atoms with Crippen LogP contribution < -0.4 is 0 Å². The smallest absolute Gasteiger partial charge is 0.326 e. The third kappa shape index (κ3) is 4.59. The summed E-state index contributed by atoms with van der Waals surface area (Å²) in [6.07, 6.45) is 10.1. The van der Waals surface area contributed by atoms with Crippen molar-refractivity contribution >= 4 is 17.6 Å². The number of likely N-dealkylation sites (tertiary alicyclic amines) is 1. The first-order chi connectivity index (χ1) is 12.6. The van der Waals surface area contributed by atoms with Crippen LogP contribution in [0.3, 0.4) is 0 Å². The van der Waals surface area contributed by atoms with E-state index in [0.29, 0.717) is 19.4 Å². The third-order valence-electron chi connectivity index (χ3n) is 5.00. The lowest BCUT2D eigenvalue weighted by molar-refractivity contribution is -0.146. The molecule has 2 aliphatic rings. The van der Waals surface area contributed by atoms with Crippen LogP contribution in [0.5, 0.6) is 0 Å². The molecule has 1 aromatic heterocycles. The van der Waals surface area contributed by atoms with Gasteiger partial charge in [0.2, 0.25) is 0 Å². The lowest BCUT2D eigenvalue weighted by Gasteiger charge is -2.23. The molecule has 1 N–H and O–H groups in total. The zero-order valence-electron chi connectivity index (χ0n) is 14.8. The van der Waals surface area contributed by atoms with E-state index in [0.717, 1.165) is 31.2 Å². The molecule has 7 heteroatoms. The lowest BCUT2D eigenvalue weighted by atomic mass is 9.98. The van der Waals surface area contributed by atoms with Gasteiger partial charge in [0, 0.05) is 25.4 Å². The summed E-state index contributed by atoms with van der Waals surface area (Å²) in [6, 6.07) is 2.89. The Kier molecular flexibility index (Phi) is 6.20. The van der Waals surface area contributed by atoms with Gasteiger partial charge in [0.15, 0.2) is 0 Å². The first-order valence-electron chi connectivity index (χ1n) is 9.30. The predicted molar refractivity (Wildman–Crippen MR) is 95.7 cm³/mol. The van der Waals surface area contributed by atoms with Crippen molar-refractivity contribution in [3.8, 4) is 0 Å². The molecule has 0 radical (unpaired) electrons. The molecule has 1 aliphatic carbocycles. The molecule has 1 amide bonds. The van der Waals surface area contributed by atoms with Crippen LogP contribution in [0.2, 0.25) is 0 Å². The van der Waals surface area contributed by atoms with Gasteiger partial charge in [-0.25, -0.2) is 4.79 Å². The number of amides is 1. The van der Waals surface area contributed by atoms with E-state index in [2.05, 4.69) is 10.1 Å². The summed E-state index contributed by atoms with van der Waals surface area (Å²) in [6.45, 7) is 0.436. The summed E-state index contributed by atoms with van der Waals surface area (Å²) in [5.74, 6) is -1.32. The van der Waals surface area contributed by atoms with Crippen molar-refractivity contribution in [2.75, 3.05) is 6.54 Å². The van der Waals surface area contributed by atoms with Crippen molar-refractivity contribution in [2.45, 2.75) is 63.5 Å². The second-order valence-electron chi connectivity index (χ2n) is 6.94. The van der Waals surface area contributed by atoms with Crippen LogP contribution in [-0.2, 0) is 20.8 Å². The van der Waals surface area contributed by atoms with Gasteiger partial charge in [-0.3, -0.25) is 9.78 Å². The number of oxime groups is 1. The van der Waals surface area contributed by atoms with Crippen molar-refractivity contribution in [1.82, 2.24) is 9.88 Å². The fraction of sp³-hybridized carbons (Fsp3) is 0.579. The second-order valence-corrected chi connectivity index (χ2v) is 6.94. The number of nitrogens with zero attached hydrogens (tertiary/aromatic N) is 3. The summed E-state index contributed by atoms with van der Waals surface area (Å²) in [5.41, 5.74) is 1.09. The van der Waals surface area contributed by atoms with E-state index in [1.807, 2.05) is 6.07 Å². The molecule has 1 saturated carbocycles. The molecule has 1 aromatic rings. The van der Waals surface area contributed by atoms with Crippen LogP contribution in [0.25, 0.3) is 0 Å². The number of hydrogen-bond donors (Lipinski definition) is 1. The second kappa shape index (κ2) is 8.78. The van der Waals surface area contributed by atoms with E-state index < -0.39 is 12.0 Å². The van der Waals surface area contributed by atoms with Gasteiger partial charge in [-0.05, 0) is 50.2 Å². The zero-order chi connectivity index (χ0) is 18.4. The molecule has 0 unspecified atom stereocenters. The van der Waals surface area contributed by atoms with E-state index in [1.54, 1.807) is 18.5 Å². The standard InChI is InChI=1S/C19H25N3O4/c23-18(22-11-5-9-17(22)19(24)25)16(12-14-6-4-10-20-13-14)21-26-15-7-2-1-3-8-15/h4,6,10,13,15,17H,1-3,5,7-9,11-12H2,(H,24,25)/b21-16+/t17-/m0/s1. The Labute approximate surface area is 153 Å². The molecule has 0 spiro atoms. The molecule has 7 nitrogen and oxygen atoms in total. The quantitative estimate of drug-likeness (QED) is 0.622. The molecule has 0 bridgehead atoms. The molecule has 2 fully saturated rings. The van der Waals surface area contributed by atoms with E-state index in [4.69, 9.17) is 4.84 Å². The molecule has 3 rings (SSSR count). The van der Waals surface area contributed by atoms with Gasteiger partial charge < -0.3 is 14.8 Å². The van der Waals surface area contributed by atoms with Crippen molar-refractivity contribution in [2.24, 2.45) is 5.16 Å². The van der Waals surface area contributed by atoms with Gasteiger partial charge in [-0.1, -0.05) is 17.6 Å². The molecular formula is C19H25N3O4. The number of aliphatic carboxylic acids is 1. The number of carbonyl (C=O) groups excluding carboxylic acids is 1. The van der Waals surface area contributed by atoms with Gasteiger partial charge in [0.25, 0.3) is 5.91 Å². The lowest BCUT2D eigenvalue weighted by Crippen LogP contribution is -2.44. The SMILES string of the molecule is O=C(O)[C@@H]1CCCN1C(=O)/C(Cc1cccnc1)=N/OC1CCCCC1. The molecular weight excluding hydrogens is 334 g/mol. The van der Waals surface area contributed by atoms with Crippen LogP contribution in [0.15, 0.2) is 29.7 Å². The highest BCUT2D eigenvalue weighted by molar-refractivity contribution is 6.39. The van der Waals surface area contributed by atoms with E-state index in [-0.39, 0.29) is 24.1 Å². The van der Waals surface area contributed by atoms with Crippen molar-refractivity contribution < 1.29 is 19.5 Å². The summed E-state index contributed by atoms with van der Waals surface area (Å²) < 4.78 is 0. The van der Waals surface area contributed by atoms with Crippen LogP contribution in [0, 0.1) is 0 Å². The topological polar surface area (TPSA) is 92.1 Å². The molecule has 140 valence electrons. The van der Waals surface area contributed by atoms with Crippen LogP contribution >= 0.6 is 0 Å². The van der Waals surface area contributed by atoms with E-state index in [9.17, 15) is 14.7 Å². The minimum Gasteiger partial charge on any atom is -0.480 e. The van der Waals surface area contributed by atoms with E-state index >= 15 is 0 Å². The van der Waals surface area contributed by atoms with Gasteiger partial charge in [-0.2, -0.15) is 0 Å². The third-order valence-corrected chi connectivity index (χ3v) is 5.00. The monoisotopic (exact) mass is 359 g/mol. The average molecular weight is 359 g/mol. The summed E-state index contributed by atoms with van der Waals surface area (Å²) in [4.78, 5) is 35.5. The maximum Gasteiger partial charge on any atom is 0.326 e. The number of hydrogen-bond acceptors (Lipinski definition) is 5. The highest BCUT2D eigenvalue weighted by Crippen LogP contribution is 2.22. The number of pyridine rings is 1. The summed E-state index contributed by atoms with van der Waals surface area (Å²) in [7, 11) is 0. The van der Waals surface area contributed by atoms with Crippen LogP contribution in [-0.4, -0.2) is 51.3 Å². The normalized spacial score (nSPS) is 21.6. The summed E-state index contributed by atoms with van der Waals surface area (Å²) >= 11 is 0. The maximum atomic E-state index is 13.0. The minimum absolute atomic E-state index is 0.0364. The number of aromatic nitrogens is 1. The van der Waals surface area contributed by atoms with Crippen molar-refractivity contribution in [3.05, 3.63) is 30.1 Å². The Morgan fingerprint density at radius 3 is 2.73 bits per heavy atom. The maximum absolute atomic E-state index is 13.0. The fourth-order valence-electron chi connectivity index (χ4n) is 3.58. The largest absolute Gasteiger partial charge is 0.480 e. The molecule has 2 heterocycles. The molecule has 1 atom stereocenters. The van der Waals surface area contributed by atoms with E-state index in [1.165, 1.54) is 11.3 Å².